The summed E-state index contributed by atoms with van der Waals surface area (Å²) in [6.45, 7) is 15.2. The maximum atomic E-state index is 14.9. The lowest BCUT2D eigenvalue weighted by atomic mass is 9.85. The molecular weight excluding hydrogens is 1050 g/mol. The fourth-order valence-corrected chi connectivity index (χ4v) is 12.2. The van der Waals surface area contributed by atoms with Gasteiger partial charge in [0.05, 0.1) is 47.6 Å². The van der Waals surface area contributed by atoms with Crippen molar-refractivity contribution < 1.29 is 28.8 Å². The maximum absolute atomic E-state index is 14.9. The summed E-state index contributed by atoms with van der Waals surface area (Å²) in [5.74, 6) is -1.96. The smallest absolute Gasteiger partial charge is 0.246 e. The molecule has 6 aromatic rings. The number of nitrogens with one attached hydrogen (secondary N) is 6. The Bertz CT molecular complexity index is 3100. The number of benzene rings is 4. The van der Waals surface area contributed by atoms with Crippen molar-refractivity contribution in [3.8, 4) is 22.3 Å². The standard InChI is InChI=1S/C63H78N14O6/c1-36(64-9)56(78)68-54(62(3,4)5)60(82)74-34-40(30-50(74)58(80)66-52-46-26-15-11-22-42(46)43-23-12-16-27-47(43)52)76-32-38(70-72-76)20-19-21-39-33-77(73-71-39)41-31-51(75(35-41)61(83)55(63(6,7)8)69-57(79)37(2)65-10)59(81)67-53-48-28-17-13-24-44(48)45-25-14-18-29-49(45)53/h11-18,22-29,32-33,36-37,40-41,50-55,64-65H,19-21,30-31,34-35H2,1-10H3,(H,66,80)(H,67,81)(H,68,78)(H,69,79)/t36-,37-,40-,41-,50-,51-,54+,55+/m0/s1. The van der Waals surface area contributed by atoms with Crippen LogP contribution in [0.2, 0.25) is 0 Å². The molecule has 0 spiro atoms. The summed E-state index contributed by atoms with van der Waals surface area (Å²) in [6, 6.07) is 25.8. The van der Waals surface area contributed by atoms with E-state index in [1.807, 2.05) is 127 Å². The number of aryl methyl sites for hydroxylation is 2. The predicted octanol–water partition coefficient (Wildman–Crippen LogP) is 5.38. The van der Waals surface area contributed by atoms with Crippen molar-refractivity contribution in [2.24, 2.45) is 10.8 Å². The van der Waals surface area contributed by atoms with Gasteiger partial charge in [0.1, 0.15) is 24.2 Å². The Morgan fingerprint density at radius 3 is 1.16 bits per heavy atom. The molecule has 0 radical (unpaired) electrons. The highest BCUT2D eigenvalue weighted by Gasteiger charge is 2.49. The third kappa shape index (κ3) is 11.8. The van der Waals surface area contributed by atoms with Gasteiger partial charge in [-0.3, -0.25) is 28.8 Å². The zero-order valence-electron chi connectivity index (χ0n) is 49.1. The van der Waals surface area contributed by atoms with Crippen molar-refractivity contribution in [2.45, 2.75) is 148 Å². The molecule has 20 heteroatoms. The van der Waals surface area contributed by atoms with E-state index < -0.39 is 71.2 Å². The van der Waals surface area contributed by atoms with Gasteiger partial charge in [-0.05, 0) is 103 Å². The fraction of sp³-hybridized carbons (Fsp3) is 0.460. The van der Waals surface area contributed by atoms with Gasteiger partial charge in [0.2, 0.25) is 35.4 Å². The Balaban J connectivity index is 0.838. The monoisotopic (exact) mass is 1130 g/mol. The first-order valence-corrected chi connectivity index (χ1v) is 29.0. The lowest BCUT2D eigenvalue weighted by Crippen LogP contribution is -2.59. The molecule has 2 aliphatic heterocycles. The number of hydrogen-bond donors (Lipinski definition) is 6. The van der Waals surface area contributed by atoms with Crippen LogP contribution in [-0.4, -0.2) is 139 Å². The molecule has 0 unspecified atom stereocenters. The summed E-state index contributed by atoms with van der Waals surface area (Å²) in [4.78, 5) is 89.2. The Kier molecular flexibility index (Phi) is 16.5. The first kappa shape index (κ1) is 58.1. The van der Waals surface area contributed by atoms with Gasteiger partial charge < -0.3 is 41.7 Å². The Labute approximate surface area is 485 Å². The fourth-order valence-electron chi connectivity index (χ4n) is 12.2. The number of fused-ring (bicyclic) bond motifs is 6. The van der Waals surface area contributed by atoms with Crippen LogP contribution in [0.25, 0.3) is 22.3 Å². The zero-order chi connectivity index (χ0) is 59.1. The second kappa shape index (κ2) is 23.6. The molecule has 83 heavy (non-hydrogen) atoms. The van der Waals surface area contributed by atoms with E-state index >= 15 is 0 Å². The van der Waals surface area contributed by atoms with Gasteiger partial charge in [-0.1, -0.05) is 149 Å². The van der Waals surface area contributed by atoms with Crippen molar-refractivity contribution in [3.63, 3.8) is 0 Å². The first-order chi connectivity index (χ1) is 39.6. The minimum Gasteiger partial charge on any atom is -0.343 e. The average Bonchev–Trinajstić information content (AvgIpc) is 3.38. The quantitative estimate of drug-likeness (QED) is 0.0636. The van der Waals surface area contributed by atoms with Crippen LogP contribution in [0.3, 0.4) is 0 Å². The van der Waals surface area contributed by atoms with Crippen molar-refractivity contribution >= 4 is 35.4 Å². The van der Waals surface area contributed by atoms with E-state index in [1.165, 1.54) is 0 Å². The van der Waals surface area contributed by atoms with Crippen LogP contribution in [0.5, 0.6) is 0 Å². The Morgan fingerprint density at radius 2 is 0.843 bits per heavy atom. The molecule has 4 aromatic carbocycles. The van der Waals surface area contributed by atoms with E-state index in [9.17, 15) is 28.8 Å². The van der Waals surface area contributed by atoms with Crippen molar-refractivity contribution in [2.75, 3.05) is 27.2 Å². The lowest BCUT2D eigenvalue weighted by Gasteiger charge is -2.36. The number of rotatable bonds is 18. The number of likely N-dealkylation sites (tertiary alicyclic amines) is 2. The SMILES string of the molecule is CN[C@@H](C)C(=O)N[C@H](C(=O)N1C[C@@H](n2cc(CCCc3cn([C@H]4C[C@@H](C(=O)NC5c6ccccc6-c6ccccc65)N(C(=O)[C@@H](NC(=O)[C@H](C)NC)C(C)(C)C)C4)nn3)nn2)C[C@H]1C(=O)NC1c2ccccc2-c2ccccc21)C(C)(C)C. The summed E-state index contributed by atoms with van der Waals surface area (Å²) >= 11 is 0. The molecule has 4 aliphatic rings. The van der Waals surface area contributed by atoms with Gasteiger partial charge in [-0.2, -0.15) is 0 Å². The zero-order valence-corrected chi connectivity index (χ0v) is 49.1. The molecule has 4 heterocycles. The number of carbonyl (C=O) groups is 6. The number of likely N-dealkylation sites (N-methyl/N-ethyl adjacent to an activating group) is 2. The Hall–Kier alpha value is -8.10. The second-order valence-corrected chi connectivity index (χ2v) is 24.9. The van der Waals surface area contributed by atoms with E-state index in [0.29, 0.717) is 19.3 Å². The molecule has 2 saturated heterocycles. The number of carbonyl (C=O) groups excluding carboxylic acids is 6. The molecule has 0 saturated carbocycles. The topological polar surface area (TPSA) is 242 Å². The summed E-state index contributed by atoms with van der Waals surface area (Å²) in [5.41, 5.74) is 8.19. The molecule has 436 valence electrons. The van der Waals surface area contributed by atoms with Crippen molar-refractivity contribution in [1.29, 1.82) is 0 Å². The molecule has 6 amide bonds. The van der Waals surface area contributed by atoms with E-state index in [1.54, 1.807) is 47.1 Å². The van der Waals surface area contributed by atoms with E-state index in [4.69, 9.17) is 0 Å². The summed E-state index contributed by atoms with van der Waals surface area (Å²) < 4.78 is 3.49. The molecule has 2 aromatic heterocycles. The van der Waals surface area contributed by atoms with E-state index in [0.717, 1.165) is 55.9 Å². The van der Waals surface area contributed by atoms with Crippen LogP contribution in [0.4, 0.5) is 0 Å². The Morgan fingerprint density at radius 1 is 0.518 bits per heavy atom. The summed E-state index contributed by atoms with van der Waals surface area (Å²) in [7, 11) is 3.37. The van der Waals surface area contributed by atoms with Gasteiger partial charge in [0.15, 0.2) is 0 Å². The average molecular weight is 1130 g/mol. The highest BCUT2D eigenvalue weighted by Crippen LogP contribution is 2.45. The van der Waals surface area contributed by atoms with Crippen LogP contribution < -0.4 is 31.9 Å². The van der Waals surface area contributed by atoms with E-state index in [2.05, 4.69) is 76.8 Å². The second-order valence-electron chi connectivity index (χ2n) is 24.9. The number of nitrogens with zero attached hydrogens (tertiary/aromatic N) is 8. The van der Waals surface area contributed by atoms with Crippen LogP contribution in [0.1, 0.15) is 132 Å². The minimum atomic E-state index is -0.931. The molecule has 2 fully saturated rings. The summed E-state index contributed by atoms with van der Waals surface area (Å²) in [6.07, 6.45) is 6.01. The van der Waals surface area contributed by atoms with Crippen LogP contribution in [-0.2, 0) is 41.6 Å². The third-order valence-corrected chi connectivity index (χ3v) is 17.2. The van der Waals surface area contributed by atoms with Crippen LogP contribution in [0.15, 0.2) is 109 Å². The molecule has 2 aliphatic carbocycles. The minimum absolute atomic E-state index is 0.168. The molecule has 6 N–H and O–H groups in total. The normalized spacial score (nSPS) is 19.9. The number of aromatic nitrogens is 6. The summed E-state index contributed by atoms with van der Waals surface area (Å²) in [5, 5.41) is 36.7. The van der Waals surface area contributed by atoms with Crippen LogP contribution in [0, 0.1) is 10.8 Å². The lowest BCUT2D eigenvalue weighted by molar-refractivity contribution is -0.144. The molecule has 0 bridgehead atoms. The predicted molar refractivity (Wildman–Crippen MR) is 314 cm³/mol. The van der Waals surface area contributed by atoms with Gasteiger partial charge >= 0.3 is 0 Å². The maximum Gasteiger partial charge on any atom is 0.246 e. The van der Waals surface area contributed by atoms with Crippen molar-refractivity contribution in [1.82, 2.24) is 71.7 Å². The molecule has 20 nitrogen and oxygen atoms in total. The van der Waals surface area contributed by atoms with E-state index in [-0.39, 0.29) is 61.4 Å². The highest BCUT2D eigenvalue weighted by molar-refractivity contribution is 5.96. The number of amides is 6. The van der Waals surface area contributed by atoms with Gasteiger partial charge in [0.25, 0.3) is 0 Å². The molecule has 8 atom stereocenters. The van der Waals surface area contributed by atoms with Crippen molar-refractivity contribution in [3.05, 3.63) is 143 Å². The van der Waals surface area contributed by atoms with Gasteiger partial charge in [0, 0.05) is 38.3 Å². The number of hydrogen-bond acceptors (Lipinski definition) is 12. The third-order valence-electron chi connectivity index (χ3n) is 17.2. The molecular formula is C63H78N14O6. The van der Waals surface area contributed by atoms with Crippen LogP contribution >= 0.6 is 0 Å². The first-order valence-electron chi connectivity index (χ1n) is 29.0. The largest absolute Gasteiger partial charge is 0.343 e. The van der Waals surface area contributed by atoms with Gasteiger partial charge in [-0.15, -0.1) is 10.2 Å². The van der Waals surface area contributed by atoms with Gasteiger partial charge in [-0.25, -0.2) is 9.36 Å². The highest BCUT2D eigenvalue weighted by atomic mass is 16.2. The molecule has 10 rings (SSSR count).